The Bertz CT molecular complexity index is 947. The highest BCUT2D eigenvalue weighted by Crippen LogP contribution is 2.26. The van der Waals surface area contributed by atoms with E-state index in [0.717, 1.165) is 36.9 Å². The van der Waals surface area contributed by atoms with Gasteiger partial charge >= 0.3 is 0 Å². The second-order valence-electron chi connectivity index (χ2n) is 10.2. The first-order valence-corrected chi connectivity index (χ1v) is 15.3. The van der Waals surface area contributed by atoms with Crippen molar-refractivity contribution in [3.05, 3.63) is 70.8 Å². The molecule has 0 bridgehead atoms. The number of rotatable bonds is 18. The van der Waals surface area contributed by atoms with E-state index >= 15 is 0 Å². The second kappa shape index (κ2) is 19.2. The molecule has 0 spiro atoms. The minimum atomic E-state index is -0.0934. The number of carbonyl (C=O) groups excluding carboxylic acids is 1. The summed E-state index contributed by atoms with van der Waals surface area (Å²) in [6.07, 6.45) is 18.3. The number of unbranched alkanes of at least 4 members (excludes halogenated alkanes) is 11. The summed E-state index contributed by atoms with van der Waals surface area (Å²) in [6.45, 7) is 6.03. The highest BCUT2D eigenvalue weighted by atomic mass is 79.9. The van der Waals surface area contributed by atoms with E-state index in [4.69, 9.17) is 4.74 Å². The Labute approximate surface area is 245 Å². The van der Waals surface area contributed by atoms with Gasteiger partial charge in [-0.1, -0.05) is 89.7 Å². The molecule has 3 rings (SSSR count). The van der Waals surface area contributed by atoms with Gasteiger partial charge in [0.05, 0.1) is 12.5 Å². The molecule has 1 amide bonds. The molecule has 0 radical (unpaired) electrons. The number of nitrogens with zero attached hydrogens (tertiary/aromatic N) is 1. The normalized spacial score (nSPS) is 12.7. The summed E-state index contributed by atoms with van der Waals surface area (Å²) in [5.41, 5.74) is 2.65. The molecule has 1 N–H and O–H groups in total. The Balaban J connectivity index is 0.00000507. The molecule has 1 heterocycles. The molecule has 38 heavy (non-hydrogen) atoms. The van der Waals surface area contributed by atoms with E-state index in [1.54, 1.807) is 0 Å². The molecule has 0 fully saturated rings. The number of anilines is 1. The lowest BCUT2D eigenvalue weighted by molar-refractivity contribution is 0.102. The third-order valence-electron chi connectivity index (χ3n) is 6.80. The van der Waals surface area contributed by atoms with E-state index in [0.29, 0.717) is 5.56 Å². The molecule has 0 atom stereocenters. The molecule has 0 aliphatic carbocycles. The third-order valence-corrected chi connectivity index (χ3v) is 7.82. The minimum Gasteiger partial charge on any atom is -0.494 e. The van der Waals surface area contributed by atoms with Crippen molar-refractivity contribution < 1.29 is 9.53 Å². The summed E-state index contributed by atoms with van der Waals surface area (Å²) >= 11 is 1.86. The van der Waals surface area contributed by atoms with Gasteiger partial charge in [0.15, 0.2) is 0 Å². The quantitative estimate of drug-likeness (QED) is 0.172. The lowest BCUT2D eigenvalue weighted by Gasteiger charge is -2.14. The highest BCUT2D eigenvalue weighted by Gasteiger charge is 2.11. The van der Waals surface area contributed by atoms with Crippen LogP contribution in [0.1, 0.15) is 107 Å². The maximum Gasteiger partial charge on any atom is 0.255 e. The number of hydrogen-bond donors (Lipinski definition) is 1. The lowest BCUT2D eigenvalue weighted by Crippen LogP contribution is -2.14. The number of carbonyl (C=O) groups is 1. The van der Waals surface area contributed by atoms with Crippen molar-refractivity contribution >= 4 is 40.3 Å². The number of allylic oxidation sites excluding steroid dienone is 1. The average molecular weight is 604 g/mol. The first kappa shape index (κ1) is 32.3. The molecule has 2 aromatic carbocycles. The fourth-order valence-corrected chi connectivity index (χ4v) is 5.33. The lowest BCUT2D eigenvalue weighted by atomic mass is 10.1. The molecule has 6 heteroatoms. The molecule has 0 aromatic heterocycles. The van der Waals surface area contributed by atoms with Gasteiger partial charge in [-0.05, 0) is 60.2 Å². The SMILES string of the molecule is Br.CCCCCCCCCCCCCCOc1ccc(NC(=O)c2ccc(CN3C=C(C)SC3)cc2)cc1. The van der Waals surface area contributed by atoms with Crippen LogP contribution in [0.3, 0.4) is 0 Å². The largest absolute Gasteiger partial charge is 0.494 e. The Morgan fingerprint density at radius 1 is 0.842 bits per heavy atom. The second-order valence-corrected chi connectivity index (χ2v) is 11.4. The van der Waals surface area contributed by atoms with Gasteiger partial charge in [-0.3, -0.25) is 4.79 Å². The average Bonchev–Trinajstić information content (AvgIpc) is 3.32. The number of ether oxygens (including phenoxy) is 1. The molecule has 0 unspecified atom stereocenters. The van der Waals surface area contributed by atoms with Gasteiger partial charge in [0, 0.05) is 24.0 Å². The summed E-state index contributed by atoms with van der Waals surface area (Å²) in [5, 5.41) is 2.98. The predicted molar refractivity (Wildman–Crippen MR) is 169 cm³/mol. The summed E-state index contributed by atoms with van der Waals surface area (Å²) in [6, 6.07) is 15.5. The van der Waals surface area contributed by atoms with Crippen molar-refractivity contribution in [1.29, 1.82) is 0 Å². The summed E-state index contributed by atoms with van der Waals surface area (Å²) < 4.78 is 5.89. The van der Waals surface area contributed by atoms with Gasteiger partial charge < -0.3 is 15.0 Å². The number of benzene rings is 2. The molecular formula is C32H47BrN2O2S. The molecule has 1 aliphatic heterocycles. The molecule has 210 valence electrons. The van der Waals surface area contributed by atoms with Crippen molar-refractivity contribution in [2.24, 2.45) is 0 Å². The van der Waals surface area contributed by atoms with Gasteiger partial charge in [0.25, 0.3) is 5.91 Å². The van der Waals surface area contributed by atoms with Gasteiger partial charge in [-0.25, -0.2) is 0 Å². The van der Waals surface area contributed by atoms with Gasteiger partial charge in [0.2, 0.25) is 0 Å². The van der Waals surface area contributed by atoms with Crippen LogP contribution in [0.15, 0.2) is 59.6 Å². The van der Waals surface area contributed by atoms with Crippen LogP contribution in [0.25, 0.3) is 0 Å². The van der Waals surface area contributed by atoms with E-state index in [1.807, 2.05) is 60.3 Å². The van der Waals surface area contributed by atoms with Crippen molar-refractivity contribution in [3.8, 4) is 5.75 Å². The van der Waals surface area contributed by atoms with E-state index in [2.05, 4.69) is 30.3 Å². The van der Waals surface area contributed by atoms with Crippen LogP contribution < -0.4 is 10.1 Å². The summed E-state index contributed by atoms with van der Waals surface area (Å²) in [4.78, 5) is 16.3. The smallest absolute Gasteiger partial charge is 0.255 e. The fourth-order valence-electron chi connectivity index (χ4n) is 4.57. The van der Waals surface area contributed by atoms with Crippen LogP contribution in [0.5, 0.6) is 5.75 Å². The topological polar surface area (TPSA) is 41.6 Å². The van der Waals surface area contributed by atoms with Crippen LogP contribution in [-0.2, 0) is 6.54 Å². The Hall–Kier alpha value is -1.92. The maximum atomic E-state index is 12.6. The zero-order valence-electron chi connectivity index (χ0n) is 23.4. The number of thioether (sulfide) groups is 1. The Morgan fingerprint density at radius 3 is 1.97 bits per heavy atom. The zero-order valence-corrected chi connectivity index (χ0v) is 25.9. The van der Waals surface area contributed by atoms with Crippen molar-refractivity contribution in [1.82, 2.24) is 4.90 Å². The number of amides is 1. The summed E-state index contributed by atoms with van der Waals surface area (Å²) in [7, 11) is 0. The molecule has 0 saturated heterocycles. The van der Waals surface area contributed by atoms with Crippen molar-refractivity contribution in [2.45, 2.75) is 97.4 Å². The van der Waals surface area contributed by atoms with E-state index in [1.165, 1.54) is 81.1 Å². The molecule has 4 nitrogen and oxygen atoms in total. The fraction of sp³-hybridized carbons (Fsp3) is 0.531. The molecule has 1 aliphatic rings. The molecule has 0 saturated carbocycles. The monoisotopic (exact) mass is 602 g/mol. The Morgan fingerprint density at radius 2 is 1.42 bits per heavy atom. The minimum absolute atomic E-state index is 0. The zero-order chi connectivity index (χ0) is 26.1. The third kappa shape index (κ3) is 12.8. The first-order valence-electron chi connectivity index (χ1n) is 14.3. The number of nitrogens with one attached hydrogen (secondary N) is 1. The van der Waals surface area contributed by atoms with E-state index in [9.17, 15) is 4.79 Å². The highest BCUT2D eigenvalue weighted by molar-refractivity contribution is 8.93. The number of halogens is 1. The number of hydrogen-bond acceptors (Lipinski definition) is 4. The maximum absolute atomic E-state index is 12.6. The predicted octanol–water partition coefficient (Wildman–Crippen LogP) is 9.96. The van der Waals surface area contributed by atoms with E-state index < -0.39 is 0 Å². The Kier molecular flexibility index (Phi) is 16.3. The standard InChI is InChI=1S/C32H46N2O2S.BrH/c1-3-4-5-6-7-8-9-10-11-12-13-14-23-36-31-21-19-30(20-22-31)33-32(35)29-17-15-28(16-18-29)25-34-24-27(2)37-26-34;/h15-22,24H,3-14,23,25-26H2,1-2H3,(H,33,35);1H. The van der Waals surface area contributed by atoms with Crippen LogP contribution >= 0.6 is 28.7 Å². The van der Waals surface area contributed by atoms with Crippen molar-refractivity contribution in [3.63, 3.8) is 0 Å². The van der Waals surface area contributed by atoms with Gasteiger partial charge in [0.1, 0.15) is 5.75 Å². The molecular weight excluding hydrogens is 556 g/mol. The first-order chi connectivity index (χ1) is 18.1. The van der Waals surface area contributed by atoms with Crippen LogP contribution in [0, 0.1) is 0 Å². The van der Waals surface area contributed by atoms with Crippen LogP contribution in [0.4, 0.5) is 5.69 Å². The van der Waals surface area contributed by atoms with Crippen LogP contribution in [0.2, 0.25) is 0 Å². The van der Waals surface area contributed by atoms with Gasteiger partial charge in [-0.2, -0.15) is 0 Å². The van der Waals surface area contributed by atoms with Crippen molar-refractivity contribution in [2.75, 3.05) is 17.8 Å². The van der Waals surface area contributed by atoms with Crippen LogP contribution in [-0.4, -0.2) is 23.3 Å². The van der Waals surface area contributed by atoms with Gasteiger partial charge in [-0.15, -0.1) is 28.7 Å². The summed E-state index contributed by atoms with van der Waals surface area (Å²) in [5.74, 6) is 1.76. The van der Waals surface area contributed by atoms with E-state index in [-0.39, 0.29) is 22.9 Å². The molecule has 2 aromatic rings.